The van der Waals surface area contributed by atoms with Crippen molar-refractivity contribution in [3.05, 3.63) is 48.6 Å². The lowest BCUT2D eigenvalue weighted by atomic mass is 10.1. The minimum Gasteiger partial charge on any atom is -0.295 e. The smallest absolute Gasteiger partial charge is 0.159 e. The molecule has 2 heteroatoms. The van der Waals surface area contributed by atoms with Crippen molar-refractivity contribution in [3.8, 4) is 0 Å². The van der Waals surface area contributed by atoms with Crippen LogP contribution in [0.15, 0.2) is 37.4 Å². The summed E-state index contributed by atoms with van der Waals surface area (Å²) in [4.78, 5) is 21.7. The molecule has 0 bridgehead atoms. The van der Waals surface area contributed by atoms with Gasteiger partial charge in [0, 0.05) is 11.1 Å². The molecule has 0 aliphatic heterocycles. The maximum atomic E-state index is 10.8. The van der Waals surface area contributed by atoms with Gasteiger partial charge in [-0.3, -0.25) is 9.59 Å². The highest BCUT2D eigenvalue weighted by Gasteiger charge is 2.00. The van der Waals surface area contributed by atoms with Gasteiger partial charge in [0.15, 0.2) is 11.6 Å². The van der Waals surface area contributed by atoms with Crippen LogP contribution in [0.1, 0.15) is 34.6 Å². The molecule has 0 aliphatic rings. The Bertz CT molecular complexity index is 290. The Balaban J connectivity index is 0.000000791. The summed E-state index contributed by atoms with van der Waals surface area (Å²) in [5.41, 5.74) is 1.28. The van der Waals surface area contributed by atoms with Gasteiger partial charge in [0.1, 0.15) is 0 Å². The number of hydrogen-bond acceptors (Lipinski definition) is 2. The Kier molecular flexibility index (Phi) is 5.15. The topological polar surface area (TPSA) is 34.1 Å². The third-order valence-corrected chi connectivity index (χ3v) is 1.70. The summed E-state index contributed by atoms with van der Waals surface area (Å²) >= 11 is 0. The minimum atomic E-state index is 0.0186. The van der Waals surface area contributed by atoms with Crippen molar-refractivity contribution in [1.29, 1.82) is 0 Å². The van der Waals surface area contributed by atoms with Gasteiger partial charge in [0.05, 0.1) is 0 Å². The molecule has 1 aromatic rings. The van der Waals surface area contributed by atoms with Crippen molar-refractivity contribution in [2.24, 2.45) is 0 Å². The highest BCUT2D eigenvalue weighted by Crippen LogP contribution is 2.05. The van der Waals surface area contributed by atoms with E-state index >= 15 is 0 Å². The zero-order valence-electron chi connectivity index (χ0n) is 8.54. The van der Waals surface area contributed by atoms with E-state index in [1.165, 1.54) is 13.8 Å². The van der Waals surface area contributed by atoms with Gasteiger partial charge in [-0.15, -0.1) is 13.2 Å². The first kappa shape index (κ1) is 12.3. The maximum absolute atomic E-state index is 10.8. The minimum absolute atomic E-state index is 0.0186. The van der Waals surface area contributed by atoms with E-state index in [4.69, 9.17) is 0 Å². The van der Waals surface area contributed by atoms with E-state index in [1.54, 1.807) is 24.3 Å². The predicted molar refractivity (Wildman–Crippen MR) is 57.7 cm³/mol. The predicted octanol–water partition coefficient (Wildman–Crippen LogP) is 2.89. The van der Waals surface area contributed by atoms with E-state index in [9.17, 15) is 9.59 Å². The summed E-state index contributed by atoms with van der Waals surface area (Å²) in [5.74, 6) is 0.0372. The molecular formula is C12H14O2. The fraction of sp³-hybridized carbons (Fsp3) is 0.167. The molecule has 2 nitrogen and oxygen atoms in total. The zero-order valence-corrected chi connectivity index (χ0v) is 8.54. The maximum Gasteiger partial charge on any atom is 0.159 e. The molecule has 0 unspecified atom stereocenters. The Labute approximate surface area is 84.3 Å². The molecule has 0 atom stereocenters. The number of carbonyl (C=O) groups is 2. The van der Waals surface area contributed by atoms with E-state index in [0.29, 0.717) is 11.1 Å². The van der Waals surface area contributed by atoms with Crippen LogP contribution >= 0.6 is 0 Å². The van der Waals surface area contributed by atoms with Crippen molar-refractivity contribution < 1.29 is 9.59 Å². The summed E-state index contributed by atoms with van der Waals surface area (Å²) in [6.45, 7) is 9.01. The van der Waals surface area contributed by atoms with Crippen molar-refractivity contribution in [3.63, 3.8) is 0 Å². The van der Waals surface area contributed by atoms with Crippen molar-refractivity contribution in [2.75, 3.05) is 0 Å². The van der Waals surface area contributed by atoms with E-state index in [0.717, 1.165) is 0 Å². The van der Waals surface area contributed by atoms with Crippen LogP contribution in [0.4, 0.5) is 0 Å². The second-order valence-electron chi connectivity index (χ2n) is 2.69. The van der Waals surface area contributed by atoms with Crippen LogP contribution in [-0.4, -0.2) is 11.6 Å². The van der Waals surface area contributed by atoms with Gasteiger partial charge in [-0.05, 0) is 13.8 Å². The Hall–Kier alpha value is -1.70. The molecule has 14 heavy (non-hydrogen) atoms. The lowest BCUT2D eigenvalue weighted by molar-refractivity contribution is 0.100. The average molecular weight is 190 g/mol. The Morgan fingerprint density at radius 1 is 0.857 bits per heavy atom. The molecule has 0 saturated heterocycles. The largest absolute Gasteiger partial charge is 0.295 e. The second-order valence-corrected chi connectivity index (χ2v) is 2.69. The van der Waals surface area contributed by atoms with Crippen LogP contribution in [0, 0.1) is 0 Å². The number of hydrogen-bond donors (Lipinski definition) is 0. The Morgan fingerprint density at radius 2 is 1.07 bits per heavy atom. The molecule has 1 rings (SSSR count). The monoisotopic (exact) mass is 190 g/mol. The molecule has 74 valence electrons. The molecule has 0 fully saturated rings. The highest BCUT2D eigenvalue weighted by molar-refractivity contribution is 5.97. The van der Waals surface area contributed by atoms with Crippen LogP contribution in [0.3, 0.4) is 0 Å². The van der Waals surface area contributed by atoms with Crippen LogP contribution in [0.25, 0.3) is 0 Å². The molecule has 0 radical (unpaired) electrons. The summed E-state index contributed by atoms with van der Waals surface area (Å²) in [6, 6.07) is 6.66. The standard InChI is InChI=1S/C10H10O2.C2H4/c1-7(11)9-3-5-10(6-4-9)8(2)12;1-2/h3-6H,1-2H3;1-2H2. The molecule has 0 N–H and O–H groups in total. The summed E-state index contributed by atoms with van der Waals surface area (Å²) in [5, 5.41) is 0. The highest BCUT2D eigenvalue weighted by atomic mass is 16.1. The SMILES string of the molecule is C=C.CC(=O)c1ccc(C(C)=O)cc1. The lowest BCUT2D eigenvalue weighted by Gasteiger charge is -1.96. The fourth-order valence-electron chi connectivity index (χ4n) is 0.940. The van der Waals surface area contributed by atoms with Gasteiger partial charge in [-0.2, -0.15) is 0 Å². The van der Waals surface area contributed by atoms with E-state index in [1.807, 2.05) is 0 Å². The summed E-state index contributed by atoms with van der Waals surface area (Å²) < 4.78 is 0. The molecule has 0 saturated carbocycles. The molecule has 0 spiro atoms. The number of benzene rings is 1. The van der Waals surface area contributed by atoms with E-state index in [-0.39, 0.29) is 11.6 Å². The molecular weight excluding hydrogens is 176 g/mol. The van der Waals surface area contributed by atoms with Gasteiger partial charge in [0.25, 0.3) is 0 Å². The molecule has 0 aliphatic carbocycles. The number of rotatable bonds is 2. The summed E-state index contributed by atoms with van der Waals surface area (Å²) in [6.07, 6.45) is 0. The number of Topliss-reactive ketones (excluding diaryl/α,β-unsaturated/α-hetero) is 2. The molecule has 0 aromatic heterocycles. The first-order valence-electron chi connectivity index (χ1n) is 4.23. The normalized spacial score (nSPS) is 8.43. The molecule has 0 amide bonds. The second kappa shape index (κ2) is 5.86. The van der Waals surface area contributed by atoms with Crippen molar-refractivity contribution in [2.45, 2.75) is 13.8 Å². The first-order valence-corrected chi connectivity index (χ1v) is 4.23. The van der Waals surface area contributed by atoms with Gasteiger partial charge in [-0.1, -0.05) is 24.3 Å². The van der Waals surface area contributed by atoms with Crippen LogP contribution in [-0.2, 0) is 0 Å². The third kappa shape index (κ3) is 3.35. The van der Waals surface area contributed by atoms with Gasteiger partial charge in [-0.25, -0.2) is 0 Å². The average Bonchev–Trinajstić information content (AvgIpc) is 2.21. The quantitative estimate of drug-likeness (QED) is 0.530. The third-order valence-electron chi connectivity index (χ3n) is 1.70. The molecule has 1 aromatic carbocycles. The van der Waals surface area contributed by atoms with Crippen molar-refractivity contribution in [1.82, 2.24) is 0 Å². The van der Waals surface area contributed by atoms with Crippen LogP contribution < -0.4 is 0 Å². The fourth-order valence-corrected chi connectivity index (χ4v) is 0.940. The number of carbonyl (C=O) groups excluding carboxylic acids is 2. The van der Waals surface area contributed by atoms with Gasteiger partial charge < -0.3 is 0 Å². The van der Waals surface area contributed by atoms with Crippen molar-refractivity contribution >= 4 is 11.6 Å². The molecule has 0 heterocycles. The Morgan fingerprint density at radius 3 is 1.21 bits per heavy atom. The van der Waals surface area contributed by atoms with Gasteiger partial charge >= 0.3 is 0 Å². The number of ketones is 2. The van der Waals surface area contributed by atoms with Crippen LogP contribution in [0.2, 0.25) is 0 Å². The zero-order chi connectivity index (χ0) is 11.1. The van der Waals surface area contributed by atoms with Gasteiger partial charge in [0.2, 0.25) is 0 Å². The van der Waals surface area contributed by atoms with E-state index < -0.39 is 0 Å². The van der Waals surface area contributed by atoms with E-state index in [2.05, 4.69) is 13.2 Å². The van der Waals surface area contributed by atoms with Crippen LogP contribution in [0.5, 0.6) is 0 Å². The summed E-state index contributed by atoms with van der Waals surface area (Å²) in [7, 11) is 0. The first-order chi connectivity index (χ1) is 6.61. The lowest BCUT2D eigenvalue weighted by Crippen LogP contribution is -1.95.